The van der Waals surface area contributed by atoms with Crippen molar-refractivity contribution in [3.8, 4) is 6.07 Å². The van der Waals surface area contributed by atoms with Crippen LogP contribution in [0.25, 0.3) is 0 Å². The summed E-state index contributed by atoms with van der Waals surface area (Å²) in [6.07, 6.45) is 0.694. The molecule has 1 N–H and O–H groups in total. The quantitative estimate of drug-likeness (QED) is 0.0883. The molecule has 6 rings (SSSR count). The Hall–Kier alpha value is -6.04. The molecule has 0 bridgehead atoms. The van der Waals surface area contributed by atoms with Crippen molar-refractivity contribution in [2.45, 2.75) is 92.8 Å². The van der Waals surface area contributed by atoms with Gasteiger partial charge < -0.3 is 9.05 Å². The molecule has 318 valence electrons. The lowest BCUT2D eigenvalue weighted by Crippen LogP contribution is -2.50. The van der Waals surface area contributed by atoms with E-state index in [0.29, 0.717) is 23.1 Å². The van der Waals surface area contributed by atoms with Gasteiger partial charge in [0.05, 0.1) is 36.8 Å². The van der Waals surface area contributed by atoms with Crippen LogP contribution in [-0.4, -0.2) is 60.5 Å². The molecule has 1 atom stereocenters. The van der Waals surface area contributed by atoms with E-state index in [2.05, 4.69) is 43.4 Å². The number of aromatic nitrogens is 4. The lowest BCUT2D eigenvalue weighted by Gasteiger charge is -2.35. The van der Waals surface area contributed by atoms with Crippen molar-refractivity contribution < 1.29 is 18.6 Å². The fraction of sp³-hybridized carbons (Fsp3) is 0.356. The van der Waals surface area contributed by atoms with E-state index in [0.717, 1.165) is 25.8 Å². The predicted octanol–water partition coefficient (Wildman–Crippen LogP) is 6.47. The normalized spacial score (nSPS) is 12.7. The number of aromatic amines is 1. The Morgan fingerprint density at radius 1 is 0.787 bits per heavy atom. The van der Waals surface area contributed by atoms with Gasteiger partial charge in [-0.15, -0.1) is 0 Å². The van der Waals surface area contributed by atoms with Gasteiger partial charge in [0, 0.05) is 41.9 Å². The number of anilines is 3. The Labute approximate surface area is 354 Å². The van der Waals surface area contributed by atoms with E-state index < -0.39 is 42.8 Å². The van der Waals surface area contributed by atoms with Crippen LogP contribution in [0.15, 0.2) is 92.0 Å². The Bertz CT molecular complexity index is 2700. The second-order valence-corrected chi connectivity index (χ2v) is 16.9. The summed E-state index contributed by atoms with van der Waals surface area (Å²) >= 11 is 0. The number of nitriles is 1. The van der Waals surface area contributed by atoms with Gasteiger partial charge in [0.2, 0.25) is 0 Å². The van der Waals surface area contributed by atoms with Gasteiger partial charge in [-0.1, -0.05) is 54.4 Å². The summed E-state index contributed by atoms with van der Waals surface area (Å²) in [5.74, 6) is -1.79. The third-order valence-electron chi connectivity index (χ3n) is 10.3. The van der Waals surface area contributed by atoms with Crippen LogP contribution in [0.3, 0.4) is 0 Å². The molecule has 16 heteroatoms. The minimum Gasteiger partial charge on any atom is -0.322 e. The first-order valence-corrected chi connectivity index (χ1v) is 21.4. The van der Waals surface area contributed by atoms with Crippen molar-refractivity contribution in [3.63, 3.8) is 0 Å². The number of H-pyrrole nitrogens is 1. The second-order valence-electron chi connectivity index (χ2n) is 15.4. The van der Waals surface area contributed by atoms with E-state index in [1.165, 1.54) is 17.0 Å². The van der Waals surface area contributed by atoms with Crippen LogP contribution in [-0.2, 0) is 28.4 Å². The third kappa shape index (κ3) is 9.18. The van der Waals surface area contributed by atoms with Gasteiger partial charge in [-0.2, -0.15) is 9.83 Å². The highest BCUT2D eigenvalue weighted by Gasteiger charge is 2.37. The molecule has 1 aliphatic heterocycles. The van der Waals surface area contributed by atoms with E-state index in [4.69, 9.17) is 14.3 Å². The molecule has 0 spiro atoms. The summed E-state index contributed by atoms with van der Waals surface area (Å²) in [7, 11) is -1.47. The minimum atomic E-state index is -1.47. The smallest absolute Gasteiger partial charge is 0.322 e. The van der Waals surface area contributed by atoms with Crippen LogP contribution >= 0.6 is 8.53 Å². The maximum atomic E-state index is 14.5. The first kappa shape index (κ1) is 44.5. The molecular weight excluding hydrogens is 798 g/mol. The monoisotopic (exact) mass is 847 g/mol. The van der Waals surface area contributed by atoms with Crippen LogP contribution < -0.4 is 27.4 Å². The fourth-order valence-electron chi connectivity index (χ4n) is 7.33. The van der Waals surface area contributed by atoms with E-state index in [-0.39, 0.29) is 78.6 Å². The molecular formula is C45H50N7O8P. The van der Waals surface area contributed by atoms with Crippen LogP contribution in [0, 0.1) is 25.2 Å². The number of carbonyl (C=O) groups excluding carboxylic acids is 2. The Morgan fingerprint density at radius 3 is 1.89 bits per heavy atom. The highest BCUT2D eigenvalue weighted by atomic mass is 31.2. The molecule has 0 radical (unpaired) electrons. The van der Waals surface area contributed by atoms with Gasteiger partial charge in [0.1, 0.15) is 11.6 Å². The maximum Gasteiger partial charge on any atom is 0.339 e. The van der Waals surface area contributed by atoms with Gasteiger partial charge in [0.15, 0.2) is 0 Å². The second kappa shape index (κ2) is 19.1. The Morgan fingerprint density at radius 2 is 1.34 bits per heavy atom. The third-order valence-corrected chi connectivity index (χ3v) is 12.4. The largest absolute Gasteiger partial charge is 0.339 e. The molecule has 1 aliphatic rings. The molecule has 3 heterocycles. The van der Waals surface area contributed by atoms with E-state index in [1.807, 2.05) is 13.8 Å². The molecule has 0 aliphatic carbocycles. The number of benzene rings is 3. The fourth-order valence-corrected chi connectivity index (χ4v) is 8.92. The van der Waals surface area contributed by atoms with E-state index in [9.17, 15) is 28.8 Å². The van der Waals surface area contributed by atoms with Crippen LogP contribution in [0.4, 0.5) is 17.3 Å². The van der Waals surface area contributed by atoms with Gasteiger partial charge in [0.25, 0.3) is 31.5 Å². The number of hydrogen-bond acceptors (Lipinski definition) is 11. The van der Waals surface area contributed by atoms with Crippen molar-refractivity contribution in [2.24, 2.45) is 0 Å². The maximum absolute atomic E-state index is 14.5. The average molecular weight is 848 g/mol. The summed E-state index contributed by atoms with van der Waals surface area (Å²) < 4.78 is 16.9. The number of nitrogens with zero attached hydrogens (tertiary/aromatic N) is 6. The number of fused-ring (bicyclic) bond motifs is 2. The summed E-state index contributed by atoms with van der Waals surface area (Å²) in [4.78, 5) is 89.4. The van der Waals surface area contributed by atoms with Gasteiger partial charge in [-0.05, 0) is 96.3 Å². The highest BCUT2D eigenvalue weighted by Crippen LogP contribution is 2.46. The van der Waals surface area contributed by atoms with Crippen molar-refractivity contribution in [3.05, 3.63) is 153 Å². The van der Waals surface area contributed by atoms with E-state index in [1.54, 1.807) is 67.6 Å². The van der Waals surface area contributed by atoms with Gasteiger partial charge in [-0.3, -0.25) is 33.6 Å². The van der Waals surface area contributed by atoms with Crippen LogP contribution in [0.2, 0.25) is 0 Å². The minimum absolute atomic E-state index is 0.00480. The highest BCUT2D eigenvalue weighted by molar-refractivity contribution is 7.44. The zero-order valence-electron chi connectivity index (χ0n) is 35.4. The summed E-state index contributed by atoms with van der Waals surface area (Å²) in [5.41, 5.74) is -0.488. The summed E-state index contributed by atoms with van der Waals surface area (Å²) in [5, 5.41) is 9.08. The summed E-state index contributed by atoms with van der Waals surface area (Å²) in [6, 6.07) is 22.4. The standard InChI is InChI=1S/C45H50N7O8P/c1-8-24-48-42(55)37-27-36-38(47-44(57)51(43(36)56)41(54)34-18-12-31(7)13-19-34)49(39(37)50(45(48)58)40(53)33-16-10-30(6)11-17-33)35-20-14-32(15-21-35)22-26-60-61(59-25-9-23-46)52(28(2)3)29(4)5/h10-21,28-29H,8-9,22,24-27H2,1-7H3,(H,47,57). The van der Waals surface area contributed by atoms with Gasteiger partial charge in [-0.25, -0.2) is 18.8 Å². The average Bonchev–Trinajstić information content (AvgIpc) is 3.22. The molecule has 0 saturated carbocycles. The topological polar surface area (TPSA) is 182 Å². The zero-order valence-corrected chi connectivity index (χ0v) is 36.3. The lowest BCUT2D eigenvalue weighted by molar-refractivity contribution is 0.0944. The zero-order chi connectivity index (χ0) is 44.1. The van der Waals surface area contributed by atoms with Crippen molar-refractivity contribution in [2.75, 3.05) is 18.1 Å². The SMILES string of the molecule is CCCn1c(=O)c2c(n(C(=O)c3ccc(C)cc3)c1=O)N(c1ccc(CCOP(OCCC#N)N(C(C)C)C(C)C)cc1)c1[nH]c(=O)n(C(=O)c3ccc(C)cc3)c(=O)c1C2. The first-order chi connectivity index (χ1) is 29.2. The molecule has 0 saturated heterocycles. The number of aryl methyl sites for hydroxylation is 2. The molecule has 1 unspecified atom stereocenters. The van der Waals surface area contributed by atoms with Crippen molar-refractivity contribution in [1.29, 1.82) is 5.26 Å². The molecule has 61 heavy (non-hydrogen) atoms. The molecule has 0 amide bonds. The molecule has 2 aromatic heterocycles. The Kier molecular flexibility index (Phi) is 14.0. The molecule has 15 nitrogen and oxygen atoms in total. The van der Waals surface area contributed by atoms with Crippen molar-refractivity contribution >= 4 is 37.7 Å². The Balaban J connectivity index is 1.49. The van der Waals surface area contributed by atoms with Crippen LogP contribution in [0.1, 0.15) is 96.0 Å². The number of hydrogen-bond donors (Lipinski definition) is 1. The lowest BCUT2D eigenvalue weighted by atomic mass is 10.0. The predicted molar refractivity (Wildman–Crippen MR) is 234 cm³/mol. The van der Waals surface area contributed by atoms with Crippen LogP contribution in [0.5, 0.6) is 0 Å². The van der Waals surface area contributed by atoms with Crippen molar-refractivity contribution in [1.82, 2.24) is 23.4 Å². The molecule has 0 fully saturated rings. The van der Waals surface area contributed by atoms with Gasteiger partial charge >= 0.3 is 11.4 Å². The number of nitrogens with one attached hydrogen (secondary N) is 1. The molecule has 5 aromatic rings. The summed E-state index contributed by atoms with van der Waals surface area (Å²) in [6.45, 7) is 14.2. The molecule has 3 aromatic carbocycles. The first-order valence-electron chi connectivity index (χ1n) is 20.3. The number of carbonyl (C=O) groups is 2. The van der Waals surface area contributed by atoms with E-state index >= 15 is 0 Å². The number of rotatable bonds is 15.